The lowest BCUT2D eigenvalue weighted by atomic mass is 10.1. The number of carboxylic acid groups (broad SMARTS) is 1. The number of nitrogens with one attached hydrogen (secondary N) is 1. The number of carbonyl (C=O) groups is 2. The summed E-state index contributed by atoms with van der Waals surface area (Å²) in [5.41, 5.74) is 5.46. The highest BCUT2D eigenvalue weighted by molar-refractivity contribution is 5.86. The Morgan fingerprint density at radius 1 is 1.38 bits per heavy atom. The fraction of sp³-hybridized carbons (Fsp3) is 0.818. The molecule has 5 nitrogen and oxygen atoms in total. The smallest absolute Gasteiger partial charge is 0.305 e. The Morgan fingerprint density at radius 2 is 2.00 bits per heavy atom. The van der Waals surface area contributed by atoms with Crippen molar-refractivity contribution in [3.63, 3.8) is 0 Å². The van der Waals surface area contributed by atoms with E-state index in [4.69, 9.17) is 10.8 Å². The van der Waals surface area contributed by atoms with Crippen LogP contribution in [0, 0.1) is 0 Å². The predicted octanol–water partition coefficient (Wildman–Crippen LogP) is 0.873. The van der Waals surface area contributed by atoms with Gasteiger partial charge in [-0.05, 0) is 12.8 Å². The van der Waals surface area contributed by atoms with E-state index in [-0.39, 0.29) is 18.4 Å². The average Bonchev–Trinajstić information content (AvgIpc) is 2.22. The molecule has 0 saturated heterocycles. The zero-order valence-corrected chi connectivity index (χ0v) is 10.0. The van der Waals surface area contributed by atoms with Gasteiger partial charge >= 0.3 is 5.97 Å². The number of nitrogens with two attached hydrogens (primary N) is 1. The number of hydrogen-bond acceptors (Lipinski definition) is 3. The molecule has 0 saturated carbocycles. The van der Waals surface area contributed by atoms with Crippen molar-refractivity contribution in [1.29, 1.82) is 0 Å². The van der Waals surface area contributed by atoms with Gasteiger partial charge in [-0.1, -0.05) is 26.7 Å². The van der Waals surface area contributed by atoms with E-state index in [1.54, 1.807) is 0 Å². The van der Waals surface area contributed by atoms with Gasteiger partial charge in [-0.25, -0.2) is 0 Å². The van der Waals surface area contributed by atoms with E-state index in [9.17, 15) is 9.59 Å². The predicted molar refractivity (Wildman–Crippen MR) is 62.0 cm³/mol. The molecule has 0 rings (SSSR count). The Labute approximate surface area is 96.4 Å². The second kappa shape index (κ2) is 8.10. The summed E-state index contributed by atoms with van der Waals surface area (Å²) in [6.07, 6.45) is 3.56. The maximum absolute atomic E-state index is 11.5. The minimum atomic E-state index is -1.05. The summed E-state index contributed by atoms with van der Waals surface area (Å²) in [7, 11) is 0. The fourth-order valence-electron chi connectivity index (χ4n) is 1.42. The second-order valence-corrected chi connectivity index (χ2v) is 3.96. The van der Waals surface area contributed by atoms with Crippen LogP contribution in [0.4, 0.5) is 0 Å². The SMILES string of the molecule is CCCCC(CC)NC(=O)C(N)CC(=O)O. The summed E-state index contributed by atoms with van der Waals surface area (Å²) in [6, 6.07) is -0.847. The number of amides is 1. The lowest BCUT2D eigenvalue weighted by Crippen LogP contribution is -2.46. The molecule has 0 aliphatic rings. The average molecular weight is 230 g/mol. The van der Waals surface area contributed by atoms with Crippen molar-refractivity contribution in [1.82, 2.24) is 5.32 Å². The minimum absolute atomic E-state index is 0.104. The molecule has 0 spiro atoms. The molecule has 0 heterocycles. The molecule has 2 unspecified atom stereocenters. The maximum atomic E-state index is 11.5. The summed E-state index contributed by atoms with van der Waals surface area (Å²) >= 11 is 0. The van der Waals surface area contributed by atoms with E-state index in [1.807, 2.05) is 6.92 Å². The third kappa shape index (κ3) is 6.40. The summed E-state index contributed by atoms with van der Waals surface area (Å²) in [6.45, 7) is 4.08. The molecule has 16 heavy (non-hydrogen) atoms. The van der Waals surface area contributed by atoms with E-state index < -0.39 is 12.0 Å². The van der Waals surface area contributed by atoms with Crippen LogP contribution < -0.4 is 11.1 Å². The monoisotopic (exact) mass is 230 g/mol. The normalized spacial score (nSPS) is 14.2. The highest BCUT2D eigenvalue weighted by Gasteiger charge is 2.19. The Kier molecular flexibility index (Phi) is 7.54. The van der Waals surface area contributed by atoms with Crippen LogP contribution in [0.15, 0.2) is 0 Å². The molecule has 0 aromatic heterocycles. The number of aliphatic carboxylic acids is 1. The Balaban J connectivity index is 4.03. The van der Waals surface area contributed by atoms with E-state index >= 15 is 0 Å². The summed E-state index contributed by atoms with van der Waals surface area (Å²) in [4.78, 5) is 21.9. The van der Waals surface area contributed by atoms with E-state index in [0.29, 0.717) is 0 Å². The molecule has 4 N–H and O–H groups in total. The summed E-state index contributed by atoms with van der Waals surface area (Å²) < 4.78 is 0. The number of carbonyl (C=O) groups excluding carboxylic acids is 1. The molecule has 0 aromatic carbocycles. The topological polar surface area (TPSA) is 92.4 Å². The lowest BCUT2D eigenvalue weighted by Gasteiger charge is -2.18. The molecular formula is C11H22N2O3. The number of carboxylic acids is 1. The van der Waals surface area contributed by atoms with Gasteiger partial charge in [0, 0.05) is 6.04 Å². The van der Waals surface area contributed by atoms with Crippen LogP contribution in [0.5, 0.6) is 0 Å². The van der Waals surface area contributed by atoms with E-state index in [2.05, 4.69) is 12.2 Å². The third-order valence-electron chi connectivity index (χ3n) is 2.48. The molecule has 0 aliphatic heterocycles. The van der Waals surface area contributed by atoms with Crippen LogP contribution >= 0.6 is 0 Å². The Hall–Kier alpha value is -1.10. The van der Waals surface area contributed by atoms with Gasteiger partial charge in [-0.3, -0.25) is 9.59 Å². The van der Waals surface area contributed by atoms with Gasteiger partial charge in [-0.15, -0.1) is 0 Å². The minimum Gasteiger partial charge on any atom is -0.481 e. The van der Waals surface area contributed by atoms with Crippen LogP contribution in [0.3, 0.4) is 0 Å². The van der Waals surface area contributed by atoms with Gasteiger partial charge in [0.1, 0.15) is 0 Å². The van der Waals surface area contributed by atoms with Crippen LogP contribution in [0.2, 0.25) is 0 Å². The molecule has 94 valence electrons. The number of hydrogen-bond donors (Lipinski definition) is 3. The number of unbranched alkanes of at least 4 members (excludes halogenated alkanes) is 1. The highest BCUT2D eigenvalue weighted by atomic mass is 16.4. The number of rotatable bonds is 8. The molecule has 2 atom stereocenters. The standard InChI is InChI=1S/C11H22N2O3/c1-3-5-6-8(4-2)13-11(16)9(12)7-10(14)15/h8-9H,3-7,12H2,1-2H3,(H,13,16)(H,14,15). The van der Waals surface area contributed by atoms with Crippen LogP contribution in [-0.4, -0.2) is 29.1 Å². The molecule has 0 fully saturated rings. The van der Waals surface area contributed by atoms with Crippen LogP contribution in [0.25, 0.3) is 0 Å². The van der Waals surface area contributed by atoms with Crippen LogP contribution in [0.1, 0.15) is 46.0 Å². The molecule has 5 heteroatoms. The van der Waals surface area contributed by atoms with E-state index in [0.717, 1.165) is 25.7 Å². The second-order valence-electron chi connectivity index (χ2n) is 3.96. The lowest BCUT2D eigenvalue weighted by molar-refractivity contribution is -0.139. The van der Waals surface area contributed by atoms with Crippen LogP contribution in [-0.2, 0) is 9.59 Å². The third-order valence-corrected chi connectivity index (χ3v) is 2.48. The first-order valence-electron chi connectivity index (χ1n) is 5.79. The first-order chi connectivity index (χ1) is 7.51. The fourth-order valence-corrected chi connectivity index (χ4v) is 1.42. The highest BCUT2D eigenvalue weighted by Crippen LogP contribution is 2.04. The van der Waals surface area contributed by atoms with Gasteiger partial charge < -0.3 is 16.2 Å². The van der Waals surface area contributed by atoms with Gasteiger partial charge in [0.25, 0.3) is 0 Å². The van der Waals surface area contributed by atoms with Crippen molar-refractivity contribution >= 4 is 11.9 Å². The van der Waals surface area contributed by atoms with Crippen molar-refractivity contribution in [2.24, 2.45) is 5.73 Å². The van der Waals surface area contributed by atoms with Crippen molar-refractivity contribution < 1.29 is 14.7 Å². The molecule has 0 bridgehead atoms. The maximum Gasteiger partial charge on any atom is 0.305 e. The Morgan fingerprint density at radius 3 is 2.44 bits per heavy atom. The van der Waals surface area contributed by atoms with Gasteiger partial charge in [0.15, 0.2) is 0 Å². The molecule has 0 radical (unpaired) electrons. The van der Waals surface area contributed by atoms with Crippen molar-refractivity contribution in [3.8, 4) is 0 Å². The zero-order valence-electron chi connectivity index (χ0n) is 10.0. The first-order valence-corrected chi connectivity index (χ1v) is 5.79. The summed E-state index contributed by atoms with van der Waals surface area (Å²) in [5, 5.41) is 11.3. The van der Waals surface area contributed by atoms with Crippen molar-refractivity contribution in [3.05, 3.63) is 0 Å². The quantitative estimate of drug-likeness (QED) is 0.577. The van der Waals surface area contributed by atoms with Crippen molar-refractivity contribution in [2.75, 3.05) is 0 Å². The largest absolute Gasteiger partial charge is 0.481 e. The van der Waals surface area contributed by atoms with Gasteiger partial charge in [-0.2, -0.15) is 0 Å². The molecule has 1 amide bonds. The van der Waals surface area contributed by atoms with Gasteiger partial charge in [0.05, 0.1) is 12.5 Å². The zero-order chi connectivity index (χ0) is 12.6. The molecule has 0 aliphatic carbocycles. The Bertz CT molecular complexity index is 231. The first kappa shape index (κ1) is 14.9. The van der Waals surface area contributed by atoms with Gasteiger partial charge in [0.2, 0.25) is 5.91 Å². The summed E-state index contributed by atoms with van der Waals surface area (Å²) in [5.74, 6) is -1.42. The van der Waals surface area contributed by atoms with Crippen molar-refractivity contribution in [2.45, 2.75) is 58.0 Å². The van der Waals surface area contributed by atoms with E-state index in [1.165, 1.54) is 0 Å². The molecular weight excluding hydrogens is 208 g/mol. The molecule has 0 aromatic rings.